The fraction of sp³-hybridized carbons (Fsp3) is 0.538. The van der Waals surface area contributed by atoms with E-state index in [1.54, 1.807) is 6.07 Å². The van der Waals surface area contributed by atoms with Gasteiger partial charge in [-0.15, -0.1) is 0 Å². The summed E-state index contributed by atoms with van der Waals surface area (Å²) < 4.78 is 0. The predicted octanol–water partition coefficient (Wildman–Crippen LogP) is 3.18. The van der Waals surface area contributed by atoms with Gasteiger partial charge in [0, 0.05) is 29.2 Å². The van der Waals surface area contributed by atoms with Crippen LogP contribution in [0.25, 0.3) is 0 Å². The number of rotatable bonds is 4. The molecule has 2 nitrogen and oxygen atoms in total. The summed E-state index contributed by atoms with van der Waals surface area (Å²) in [5.41, 5.74) is 1.19. The Labute approximate surface area is 113 Å². The van der Waals surface area contributed by atoms with Crippen LogP contribution in [0.4, 0.5) is 0 Å². The van der Waals surface area contributed by atoms with E-state index in [0.717, 1.165) is 26.2 Å². The number of nitrogens with zero attached hydrogens (tertiary/aromatic N) is 1. The van der Waals surface area contributed by atoms with Gasteiger partial charge in [0.2, 0.25) is 0 Å². The van der Waals surface area contributed by atoms with Gasteiger partial charge in [0.25, 0.3) is 0 Å². The number of hydrogen-bond acceptors (Lipinski definition) is 2. The molecule has 17 heavy (non-hydrogen) atoms. The molecule has 1 aromatic carbocycles. The lowest BCUT2D eigenvalue weighted by Crippen LogP contribution is -2.36. The van der Waals surface area contributed by atoms with E-state index in [4.69, 9.17) is 23.2 Å². The topological polar surface area (TPSA) is 15.3 Å². The van der Waals surface area contributed by atoms with Crippen molar-refractivity contribution in [2.24, 2.45) is 0 Å². The van der Waals surface area contributed by atoms with Crippen molar-refractivity contribution in [3.05, 3.63) is 33.8 Å². The van der Waals surface area contributed by atoms with Gasteiger partial charge in [-0.3, -0.25) is 4.90 Å². The van der Waals surface area contributed by atoms with Crippen molar-refractivity contribution in [1.29, 1.82) is 0 Å². The normalized spacial score (nSPS) is 20.1. The van der Waals surface area contributed by atoms with Crippen LogP contribution >= 0.6 is 23.2 Å². The molecular formula is C13H18Cl2N2. The Morgan fingerprint density at radius 2 is 2.00 bits per heavy atom. The molecular weight excluding hydrogens is 255 g/mol. The highest BCUT2D eigenvalue weighted by molar-refractivity contribution is 6.34. The third-order valence-electron chi connectivity index (χ3n) is 3.26. The quantitative estimate of drug-likeness (QED) is 0.906. The second-order valence-corrected chi connectivity index (χ2v) is 5.36. The van der Waals surface area contributed by atoms with Crippen LogP contribution in [0.2, 0.25) is 10.0 Å². The van der Waals surface area contributed by atoms with Crippen LogP contribution in [0.3, 0.4) is 0 Å². The molecule has 4 heteroatoms. The zero-order chi connectivity index (χ0) is 12.3. The van der Waals surface area contributed by atoms with E-state index in [0.29, 0.717) is 16.1 Å². The number of hydrogen-bond donors (Lipinski definition) is 1. The van der Waals surface area contributed by atoms with Gasteiger partial charge in [0.05, 0.1) is 0 Å². The van der Waals surface area contributed by atoms with Gasteiger partial charge >= 0.3 is 0 Å². The first-order chi connectivity index (χ1) is 8.19. The highest BCUT2D eigenvalue weighted by atomic mass is 35.5. The first-order valence-electron chi connectivity index (χ1n) is 6.08. The minimum absolute atomic E-state index is 0.637. The molecule has 1 atom stereocenters. The molecule has 1 aliphatic rings. The van der Waals surface area contributed by atoms with Crippen molar-refractivity contribution in [3.63, 3.8) is 0 Å². The largest absolute Gasteiger partial charge is 0.315 e. The Hall–Kier alpha value is -0.280. The first kappa shape index (κ1) is 13.2. The summed E-state index contributed by atoms with van der Waals surface area (Å²) >= 11 is 12.0. The molecule has 1 unspecified atom stereocenters. The lowest BCUT2D eigenvalue weighted by atomic mass is 10.1. The summed E-state index contributed by atoms with van der Waals surface area (Å²) in [7, 11) is 0. The van der Waals surface area contributed by atoms with Crippen LogP contribution in [0.1, 0.15) is 18.9 Å². The maximum absolute atomic E-state index is 6.02. The van der Waals surface area contributed by atoms with Gasteiger partial charge < -0.3 is 5.32 Å². The molecule has 1 fully saturated rings. The third-order valence-corrected chi connectivity index (χ3v) is 3.70. The van der Waals surface area contributed by atoms with Crippen molar-refractivity contribution in [2.75, 3.05) is 19.6 Å². The third kappa shape index (κ3) is 3.59. The molecule has 1 aromatic rings. The minimum atomic E-state index is 0.637. The Bertz CT molecular complexity index is 355. The molecule has 0 spiro atoms. The van der Waals surface area contributed by atoms with Crippen LogP contribution in [0.15, 0.2) is 18.2 Å². The predicted molar refractivity (Wildman–Crippen MR) is 73.8 cm³/mol. The summed E-state index contributed by atoms with van der Waals surface area (Å²) in [6.07, 6.45) is 1.22. The monoisotopic (exact) mass is 272 g/mol. The maximum Gasteiger partial charge on any atom is 0.0424 e. The molecule has 1 heterocycles. The average Bonchev–Trinajstić information content (AvgIpc) is 2.77. The van der Waals surface area contributed by atoms with Crippen LogP contribution < -0.4 is 5.32 Å². The number of benzene rings is 1. The van der Waals surface area contributed by atoms with Gasteiger partial charge in [-0.25, -0.2) is 0 Å². The van der Waals surface area contributed by atoms with Crippen molar-refractivity contribution in [2.45, 2.75) is 25.9 Å². The maximum atomic E-state index is 6.02. The first-order valence-corrected chi connectivity index (χ1v) is 6.84. The fourth-order valence-corrected chi connectivity index (χ4v) is 2.96. The summed E-state index contributed by atoms with van der Waals surface area (Å²) in [5, 5.41) is 4.83. The lowest BCUT2D eigenvalue weighted by Gasteiger charge is -2.27. The van der Waals surface area contributed by atoms with Gasteiger partial charge in [0.1, 0.15) is 0 Å². The SMILES string of the molecule is CCN(Cc1cc(Cl)cc(Cl)c1)C1CCNC1. The Morgan fingerprint density at radius 1 is 1.29 bits per heavy atom. The zero-order valence-electron chi connectivity index (χ0n) is 10.0. The molecule has 0 aromatic heterocycles. The Kier molecular flexibility index (Phi) is 4.69. The molecule has 0 aliphatic carbocycles. The lowest BCUT2D eigenvalue weighted by molar-refractivity contribution is 0.210. The Morgan fingerprint density at radius 3 is 2.53 bits per heavy atom. The van der Waals surface area contributed by atoms with E-state index in [-0.39, 0.29) is 0 Å². The van der Waals surface area contributed by atoms with Gasteiger partial charge in [-0.05, 0) is 43.3 Å². The smallest absolute Gasteiger partial charge is 0.0424 e. The zero-order valence-corrected chi connectivity index (χ0v) is 11.6. The summed E-state index contributed by atoms with van der Waals surface area (Å²) in [4.78, 5) is 2.47. The molecule has 0 saturated carbocycles. The van der Waals surface area contributed by atoms with Crippen LogP contribution in [0.5, 0.6) is 0 Å². The van der Waals surface area contributed by atoms with Crippen molar-refractivity contribution in [1.82, 2.24) is 10.2 Å². The van der Waals surface area contributed by atoms with E-state index >= 15 is 0 Å². The molecule has 0 bridgehead atoms. The Balaban J connectivity index is 2.06. The van der Waals surface area contributed by atoms with E-state index in [9.17, 15) is 0 Å². The molecule has 0 amide bonds. The highest BCUT2D eigenvalue weighted by Crippen LogP contribution is 2.21. The van der Waals surface area contributed by atoms with Crippen LogP contribution in [-0.4, -0.2) is 30.6 Å². The second-order valence-electron chi connectivity index (χ2n) is 4.49. The van der Waals surface area contributed by atoms with Crippen molar-refractivity contribution < 1.29 is 0 Å². The summed E-state index contributed by atoms with van der Waals surface area (Å²) in [6.45, 7) is 6.38. The van der Waals surface area contributed by atoms with E-state index in [1.165, 1.54) is 12.0 Å². The van der Waals surface area contributed by atoms with Crippen LogP contribution in [-0.2, 0) is 6.54 Å². The molecule has 2 rings (SSSR count). The number of halogens is 2. The van der Waals surface area contributed by atoms with Gasteiger partial charge in [-0.2, -0.15) is 0 Å². The van der Waals surface area contributed by atoms with E-state index in [1.807, 2.05) is 12.1 Å². The number of likely N-dealkylation sites (N-methyl/N-ethyl adjacent to an activating group) is 1. The van der Waals surface area contributed by atoms with Crippen molar-refractivity contribution >= 4 is 23.2 Å². The fourth-order valence-electron chi connectivity index (χ4n) is 2.39. The van der Waals surface area contributed by atoms with E-state index < -0.39 is 0 Å². The molecule has 0 radical (unpaired) electrons. The average molecular weight is 273 g/mol. The summed E-state index contributed by atoms with van der Waals surface area (Å²) in [5.74, 6) is 0. The highest BCUT2D eigenvalue weighted by Gasteiger charge is 2.21. The molecule has 1 aliphatic heterocycles. The minimum Gasteiger partial charge on any atom is -0.315 e. The molecule has 1 saturated heterocycles. The van der Waals surface area contributed by atoms with Crippen molar-refractivity contribution in [3.8, 4) is 0 Å². The second kappa shape index (κ2) is 6.05. The summed E-state index contributed by atoms with van der Waals surface area (Å²) in [6, 6.07) is 6.41. The molecule has 1 N–H and O–H groups in total. The van der Waals surface area contributed by atoms with E-state index in [2.05, 4.69) is 17.1 Å². The van der Waals surface area contributed by atoms with Gasteiger partial charge in [0.15, 0.2) is 0 Å². The molecule has 94 valence electrons. The van der Waals surface area contributed by atoms with Crippen LogP contribution in [0, 0.1) is 0 Å². The standard InChI is InChI=1S/C13H18Cl2N2/c1-2-17(13-3-4-16-8-13)9-10-5-11(14)7-12(15)6-10/h5-7,13,16H,2-4,8-9H2,1H3. The van der Waals surface area contributed by atoms with Gasteiger partial charge in [-0.1, -0.05) is 30.1 Å². The number of nitrogens with one attached hydrogen (secondary N) is 1.